The first kappa shape index (κ1) is 15.7. The molecule has 0 aliphatic carbocycles. The van der Waals surface area contributed by atoms with Crippen LogP contribution in [0.5, 0.6) is 5.75 Å². The van der Waals surface area contributed by atoms with Crippen molar-refractivity contribution in [2.75, 3.05) is 20.3 Å². The van der Waals surface area contributed by atoms with Gasteiger partial charge in [0, 0.05) is 13.2 Å². The van der Waals surface area contributed by atoms with E-state index < -0.39 is 0 Å². The third-order valence-electron chi connectivity index (χ3n) is 3.35. The molecule has 0 saturated carbocycles. The van der Waals surface area contributed by atoms with Crippen molar-refractivity contribution in [2.45, 2.75) is 25.9 Å². The Bertz CT molecular complexity index is 496. The van der Waals surface area contributed by atoms with E-state index in [4.69, 9.17) is 21.7 Å². The van der Waals surface area contributed by atoms with Crippen molar-refractivity contribution in [1.29, 1.82) is 0 Å². The van der Waals surface area contributed by atoms with Gasteiger partial charge in [-0.05, 0) is 61.8 Å². The van der Waals surface area contributed by atoms with Gasteiger partial charge in [-0.25, -0.2) is 0 Å². The van der Waals surface area contributed by atoms with Crippen LogP contribution in [0.2, 0.25) is 0 Å². The zero-order valence-electron chi connectivity index (χ0n) is 12.4. The second-order valence-corrected chi connectivity index (χ2v) is 5.29. The summed E-state index contributed by atoms with van der Waals surface area (Å²) < 4.78 is 10.7. The quantitative estimate of drug-likeness (QED) is 0.495. The first-order valence-electron chi connectivity index (χ1n) is 7.03. The zero-order valence-corrected chi connectivity index (χ0v) is 13.2. The van der Waals surface area contributed by atoms with E-state index in [1.807, 2.05) is 31.2 Å². The SMILES string of the molecule is COc1ccc(/C(C)=N\NC(=S)NC[C@@H]2CCCO2)cc1. The number of hydrogen-bond acceptors (Lipinski definition) is 4. The molecule has 5 nitrogen and oxygen atoms in total. The standard InChI is InChI=1S/C15H21N3O2S/c1-11(12-5-7-13(19-2)8-6-12)17-18-15(21)16-10-14-4-3-9-20-14/h5-8,14H,3-4,9-10H2,1-2H3,(H2,16,18,21)/b17-11-/t14-/m0/s1. The summed E-state index contributed by atoms with van der Waals surface area (Å²) in [7, 11) is 1.65. The first-order valence-corrected chi connectivity index (χ1v) is 7.44. The van der Waals surface area contributed by atoms with E-state index in [0.717, 1.165) is 43.0 Å². The van der Waals surface area contributed by atoms with E-state index in [1.54, 1.807) is 7.11 Å². The molecule has 21 heavy (non-hydrogen) atoms. The predicted octanol–water partition coefficient (Wildman–Crippen LogP) is 2.06. The third kappa shape index (κ3) is 4.99. The number of methoxy groups -OCH3 is 1. The molecule has 1 aromatic carbocycles. The van der Waals surface area contributed by atoms with E-state index in [-0.39, 0.29) is 6.10 Å². The molecule has 1 aliphatic rings. The van der Waals surface area contributed by atoms with Crippen LogP contribution in [-0.4, -0.2) is 37.2 Å². The highest BCUT2D eigenvalue weighted by molar-refractivity contribution is 7.80. The second-order valence-electron chi connectivity index (χ2n) is 4.88. The Balaban J connectivity index is 1.79. The fraction of sp³-hybridized carbons (Fsp3) is 0.467. The Morgan fingerprint density at radius 2 is 2.19 bits per heavy atom. The normalized spacial score (nSPS) is 18.4. The Kier molecular flexibility index (Phi) is 5.95. The maximum Gasteiger partial charge on any atom is 0.187 e. The third-order valence-corrected chi connectivity index (χ3v) is 3.58. The lowest BCUT2D eigenvalue weighted by atomic mass is 10.1. The van der Waals surface area contributed by atoms with Crippen LogP contribution in [0.1, 0.15) is 25.3 Å². The predicted molar refractivity (Wildman–Crippen MR) is 87.9 cm³/mol. The van der Waals surface area contributed by atoms with Gasteiger partial charge in [0.2, 0.25) is 0 Å². The minimum Gasteiger partial charge on any atom is -0.497 e. The lowest BCUT2D eigenvalue weighted by Gasteiger charge is -2.12. The van der Waals surface area contributed by atoms with E-state index in [2.05, 4.69) is 15.8 Å². The molecule has 0 aromatic heterocycles. The molecule has 6 heteroatoms. The van der Waals surface area contributed by atoms with E-state index >= 15 is 0 Å². The highest BCUT2D eigenvalue weighted by Crippen LogP contribution is 2.12. The molecule has 2 N–H and O–H groups in total. The maximum absolute atomic E-state index is 5.52. The van der Waals surface area contributed by atoms with Crippen molar-refractivity contribution in [2.24, 2.45) is 5.10 Å². The Morgan fingerprint density at radius 3 is 2.81 bits per heavy atom. The molecule has 1 heterocycles. The second kappa shape index (κ2) is 7.95. The van der Waals surface area contributed by atoms with Crippen LogP contribution in [0.25, 0.3) is 0 Å². The van der Waals surface area contributed by atoms with Crippen molar-refractivity contribution in [3.63, 3.8) is 0 Å². The molecule has 1 atom stereocenters. The first-order chi connectivity index (χ1) is 10.2. The number of hydrogen-bond donors (Lipinski definition) is 2. The van der Waals surface area contributed by atoms with Crippen LogP contribution < -0.4 is 15.5 Å². The van der Waals surface area contributed by atoms with Crippen LogP contribution in [0, 0.1) is 0 Å². The van der Waals surface area contributed by atoms with Gasteiger partial charge in [0.05, 0.1) is 18.9 Å². The highest BCUT2D eigenvalue weighted by atomic mass is 32.1. The van der Waals surface area contributed by atoms with Gasteiger partial charge in [0.1, 0.15) is 5.75 Å². The number of benzene rings is 1. The monoisotopic (exact) mass is 307 g/mol. The topological polar surface area (TPSA) is 54.9 Å². The van der Waals surface area contributed by atoms with Gasteiger partial charge >= 0.3 is 0 Å². The summed E-state index contributed by atoms with van der Waals surface area (Å²) >= 11 is 5.19. The van der Waals surface area contributed by atoms with Crippen LogP contribution in [0.15, 0.2) is 29.4 Å². The Labute approximate surface area is 130 Å². The van der Waals surface area contributed by atoms with E-state index in [1.165, 1.54) is 0 Å². The van der Waals surface area contributed by atoms with Crippen molar-refractivity contribution in [1.82, 2.24) is 10.7 Å². The average molecular weight is 307 g/mol. The Morgan fingerprint density at radius 1 is 1.43 bits per heavy atom. The number of nitrogens with one attached hydrogen (secondary N) is 2. The number of nitrogens with zero attached hydrogens (tertiary/aromatic N) is 1. The summed E-state index contributed by atoms with van der Waals surface area (Å²) in [4.78, 5) is 0. The summed E-state index contributed by atoms with van der Waals surface area (Å²) in [5, 5.41) is 7.91. The maximum atomic E-state index is 5.52. The molecular formula is C15H21N3O2S. The average Bonchev–Trinajstić information content (AvgIpc) is 3.04. The van der Waals surface area contributed by atoms with Crippen molar-refractivity contribution >= 4 is 23.0 Å². The van der Waals surface area contributed by atoms with Crippen LogP contribution >= 0.6 is 12.2 Å². The van der Waals surface area contributed by atoms with Crippen LogP contribution in [-0.2, 0) is 4.74 Å². The van der Waals surface area contributed by atoms with Crippen LogP contribution in [0.4, 0.5) is 0 Å². The summed E-state index contributed by atoms with van der Waals surface area (Å²) in [5.41, 5.74) is 4.73. The van der Waals surface area contributed by atoms with Crippen molar-refractivity contribution < 1.29 is 9.47 Å². The minimum atomic E-state index is 0.261. The number of ether oxygens (including phenoxy) is 2. The minimum absolute atomic E-state index is 0.261. The smallest absolute Gasteiger partial charge is 0.187 e. The highest BCUT2D eigenvalue weighted by Gasteiger charge is 2.15. The Hall–Kier alpha value is -1.66. The number of thiocarbonyl (C=S) groups is 1. The van der Waals surface area contributed by atoms with E-state index in [0.29, 0.717) is 5.11 Å². The van der Waals surface area contributed by atoms with Gasteiger partial charge in [-0.15, -0.1) is 0 Å². The molecule has 0 spiro atoms. The lowest BCUT2D eigenvalue weighted by molar-refractivity contribution is 0.114. The fourth-order valence-corrected chi connectivity index (χ4v) is 2.21. The summed E-state index contributed by atoms with van der Waals surface area (Å²) in [6, 6.07) is 7.73. The number of rotatable bonds is 5. The van der Waals surface area contributed by atoms with Gasteiger partial charge in [-0.2, -0.15) is 5.10 Å². The summed E-state index contributed by atoms with van der Waals surface area (Å²) in [6.45, 7) is 3.50. The molecule has 0 bridgehead atoms. The summed E-state index contributed by atoms with van der Waals surface area (Å²) in [5.74, 6) is 0.827. The molecule has 0 radical (unpaired) electrons. The number of hydrazone groups is 1. The molecular weight excluding hydrogens is 286 g/mol. The zero-order chi connectivity index (χ0) is 15.1. The fourth-order valence-electron chi connectivity index (χ4n) is 2.08. The summed E-state index contributed by atoms with van der Waals surface area (Å²) in [6.07, 6.45) is 2.47. The van der Waals surface area contributed by atoms with Crippen LogP contribution in [0.3, 0.4) is 0 Å². The largest absolute Gasteiger partial charge is 0.497 e. The van der Waals surface area contributed by atoms with Gasteiger partial charge in [0.25, 0.3) is 0 Å². The molecule has 1 fully saturated rings. The van der Waals surface area contributed by atoms with Crippen molar-refractivity contribution in [3.8, 4) is 5.75 Å². The molecule has 1 aliphatic heterocycles. The van der Waals surface area contributed by atoms with Gasteiger partial charge in [0.15, 0.2) is 5.11 Å². The molecule has 0 amide bonds. The molecule has 114 valence electrons. The van der Waals surface area contributed by atoms with Gasteiger partial charge in [-0.3, -0.25) is 5.43 Å². The molecule has 1 saturated heterocycles. The van der Waals surface area contributed by atoms with Crippen molar-refractivity contribution in [3.05, 3.63) is 29.8 Å². The molecule has 0 unspecified atom stereocenters. The lowest BCUT2D eigenvalue weighted by Crippen LogP contribution is -2.37. The molecule has 2 rings (SSSR count). The molecule has 1 aromatic rings. The van der Waals surface area contributed by atoms with E-state index in [9.17, 15) is 0 Å². The van der Waals surface area contributed by atoms with Gasteiger partial charge < -0.3 is 14.8 Å². The van der Waals surface area contributed by atoms with Gasteiger partial charge in [-0.1, -0.05) is 0 Å².